The van der Waals surface area contributed by atoms with Crippen molar-refractivity contribution in [3.8, 4) is 11.1 Å². The number of carbonyl (C=O) groups excluding carboxylic acids is 3. The van der Waals surface area contributed by atoms with Gasteiger partial charge < -0.3 is 14.5 Å². The van der Waals surface area contributed by atoms with E-state index < -0.39 is 18.5 Å². The molecule has 6 heteroatoms. The summed E-state index contributed by atoms with van der Waals surface area (Å²) < 4.78 is 10.2. The Hall–Kier alpha value is -3.67. The molecule has 0 atom stereocenters. The Kier molecular flexibility index (Phi) is 6.47. The fraction of sp³-hybridized carbons (Fsp3) is 0.208. The van der Waals surface area contributed by atoms with E-state index in [1.807, 2.05) is 42.5 Å². The lowest BCUT2D eigenvalue weighted by Gasteiger charge is -2.06. The van der Waals surface area contributed by atoms with Gasteiger partial charge in [-0.25, -0.2) is 9.59 Å². The molecule has 0 unspecified atom stereocenters. The zero-order chi connectivity index (χ0) is 21.7. The average molecular weight is 405 g/mol. The van der Waals surface area contributed by atoms with Crippen LogP contribution in [0.25, 0.3) is 11.1 Å². The Morgan fingerprint density at radius 3 is 2.10 bits per heavy atom. The molecule has 1 heterocycles. The summed E-state index contributed by atoms with van der Waals surface area (Å²) in [5, 5.41) is 0. The van der Waals surface area contributed by atoms with Crippen LogP contribution in [0.5, 0.6) is 0 Å². The van der Waals surface area contributed by atoms with Crippen LogP contribution in [0, 0.1) is 13.8 Å². The molecule has 1 N–H and O–H groups in total. The molecule has 0 bridgehead atoms. The van der Waals surface area contributed by atoms with E-state index in [9.17, 15) is 14.4 Å². The van der Waals surface area contributed by atoms with Gasteiger partial charge >= 0.3 is 11.9 Å². The number of hydrogen-bond acceptors (Lipinski definition) is 5. The second-order valence-electron chi connectivity index (χ2n) is 6.79. The van der Waals surface area contributed by atoms with Crippen LogP contribution in [-0.2, 0) is 9.47 Å². The maximum atomic E-state index is 12.4. The normalized spacial score (nSPS) is 10.5. The van der Waals surface area contributed by atoms with Crippen molar-refractivity contribution in [3.05, 3.63) is 82.7 Å². The lowest BCUT2D eigenvalue weighted by molar-refractivity contribution is 0.0468. The molecule has 0 saturated carbocycles. The SMILES string of the molecule is CCOC(=O)c1c(C)[nH]c(C(=O)OCC(=O)c2ccc(-c3ccccc3)cc2)c1C. The number of rotatable bonds is 7. The quantitative estimate of drug-likeness (QED) is 0.462. The van der Waals surface area contributed by atoms with Gasteiger partial charge in [0.05, 0.1) is 12.2 Å². The first kappa shape index (κ1) is 21.0. The lowest BCUT2D eigenvalue weighted by Crippen LogP contribution is -2.15. The Bertz CT molecular complexity index is 1060. The summed E-state index contributed by atoms with van der Waals surface area (Å²) in [5.41, 5.74) is 3.91. The van der Waals surface area contributed by atoms with Gasteiger partial charge in [-0.2, -0.15) is 0 Å². The summed E-state index contributed by atoms with van der Waals surface area (Å²) in [6.07, 6.45) is 0. The van der Waals surface area contributed by atoms with Crippen LogP contribution in [0.1, 0.15) is 49.4 Å². The summed E-state index contributed by atoms with van der Waals surface area (Å²) in [4.78, 5) is 39.8. The molecule has 2 aromatic carbocycles. The van der Waals surface area contributed by atoms with Crippen LogP contribution < -0.4 is 0 Å². The number of H-pyrrole nitrogens is 1. The van der Waals surface area contributed by atoms with Crippen LogP contribution in [-0.4, -0.2) is 35.9 Å². The molecule has 0 aliphatic rings. The molecule has 1 aromatic heterocycles. The van der Waals surface area contributed by atoms with Crippen molar-refractivity contribution < 1.29 is 23.9 Å². The van der Waals surface area contributed by atoms with Gasteiger partial charge in [-0.1, -0.05) is 54.6 Å². The van der Waals surface area contributed by atoms with Crippen molar-refractivity contribution in [1.82, 2.24) is 4.98 Å². The number of aromatic amines is 1. The van der Waals surface area contributed by atoms with Crippen molar-refractivity contribution in [2.24, 2.45) is 0 Å². The highest BCUT2D eigenvalue weighted by Gasteiger charge is 2.24. The third-order valence-corrected chi connectivity index (χ3v) is 4.77. The van der Waals surface area contributed by atoms with Gasteiger partial charge in [0.2, 0.25) is 0 Å². The van der Waals surface area contributed by atoms with E-state index in [2.05, 4.69) is 4.98 Å². The van der Waals surface area contributed by atoms with Crippen LogP contribution in [0.3, 0.4) is 0 Å². The van der Waals surface area contributed by atoms with Crippen LogP contribution in [0.2, 0.25) is 0 Å². The van der Waals surface area contributed by atoms with Gasteiger partial charge in [-0.15, -0.1) is 0 Å². The van der Waals surface area contributed by atoms with Gasteiger partial charge in [-0.05, 0) is 37.5 Å². The molecular weight excluding hydrogens is 382 g/mol. The first-order chi connectivity index (χ1) is 14.4. The highest BCUT2D eigenvalue weighted by molar-refractivity contribution is 6.01. The fourth-order valence-electron chi connectivity index (χ4n) is 3.23. The van der Waals surface area contributed by atoms with E-state index in [1.54, 1.807) is 32.9 Å². The molecule has 3 rings (SSSR count). The van der Waals surface area contributed by atoms with Crippen molar-refractivity contribution in [3.63, 3.8) is 0 Å². The molecule has 154 valence electrons. The van der Waals surface area contributed by atoms with Crippen LogP contribution in [0.15, 0.2) is 54.6 Å². The Labute approximate surface area is 174 Å². The van der Waals surface area contributed by atoms with E-state index in [4.69, 9.17) is 9.47 Å². The zero-order valence-corrected chi connectivity index (χ0v) is 17.2. The predicted molar refractivity (Wildman–Crippen MR) is 113 cm³/mol. The monoisotopic (exact) mass is 405 g/mol. The van der Waals surface area contributed by atoms with E-state index in [0.717, 1.165) is 11.1 Å². The largest absolute Gasteiger partial charge is 0.462 e. The maximum absolute atomic E-state index is 12.4. The Morgan fingerprint density at radius 1 is 0.833 bits per heavy atom. The molecule has 0 aliphatic carbocycles. The molecule has 6 nitrogen and oxygen atoms in total. The van der Waals surface area contributed by atoms with Gasteiger partial charge in [0.15, 0.2) is 12.4 Å². The third kappa shape index (κ3) is 4.49. The molecule has 30 heavy (non-hydrogen) atoms. The van der Waals surface area contributed by atoms with E-state index >= 15 is 0 Å². The highest BCUT2D eigenvalue weighted by Crippen LogP contribution is 2.21. The molecule has 3 aromatic rings. The zero-order valence-electron chi connectivity index (χ0n) is 17.2. The second kappa shape index (κ2) is 9.22. The van der Waals surface area contributed by atoms with Crippen molar-refractivity contribution in [2.75, 3.05) is 13.2 Å². The number of carbonyl (C=O) groups is 3. The second-order valence-corrected chi connectivity index (χ2v) is 6.79. The minimum atomic E-state index is -0.694. The van der Waals surface area contributed by atoms with E-state index in [0.29, 0.717) is 22.4 Å². The third-order valence-electron chi connectivity index (χ3n) is 4.77. The first-order valence-electron chi connectivity index (χ1n) is 9.64. The number of hydrogen-bond donors (Lipinski definition) is 1. The molecule has 0 fully saturated rings. The fourth-order valence-corrected chi connectivity index (χ4v) is 3.23. The molecule has 0 radical (unpaired) electrons. The topological polar surface area (TPSA) is 85.5 Å². The number of ether oxygens (including phenoxy) is 2. The molecule has 0 saturated heterocycles. The minimum Gasteiger partial charge on any atom is -0.462 e. The lowest BCUT2D eigenvalue weighted by atomic mass is 10.0. The molecule has 0 spiro atoms. The number of nitrogens with one attached hydrogen (secondary N) is 1. The number of esters is 2. The summed E-state index contributed by atoms with van der Waals surface area (Å²) in [7, 11) is 0. The number of ketones is 1. The van der Waals surface area contributed by atoms with Crippen molar-refractivity contribution in [2.45, 2.75) is 20.8 Å². The summed E-state index contributed by atoms with van der Waals surface area (Å²) in [6.45, 7) is 4.87. The maximum Gasteiger partial charge on any atom is 0.355 e. The van der Waals surface area contributed by atoms with Gasteiger partial charge in [0.25, 0.3) is 0 Å². The minimum absolute atomic E-state index is 0.141. The summed E-state index contributed by atoms with van der Waals surface area (Å²) >= 11 is 0. The first-order valence-corrected chi connectivity index (χ1v) is 9.64. The van der Waals surface area contributed by atoms with Gasteiger partial charge in [0.1, 0.15) is 5.69 Å². The summed E-state index contributed by atoms with van der Waals surface area (Å²) in [5.74, 6) is -1.51. The summed E-state index contributed by atoms with van der Waals surface area (Å²) in [6, 6.07) is 17.0. The number of aromatic nitrogens is 1. The van der Waals surface area contributed by atoms with Gasteiger partial charge in [0, 0.05) is 11.3 Å². The predicted octanol–water partition coefficient (Wildman–Crippen LogP) is 4.51. The van der Waals surface area contributed by atoms with Crippen LogP contribution >= 0.6 is 0 Å². The average Bonchev–Trinajstić information content (AvgIpc) is 3.06. The van der Waals surface area contributed by atoms with E-state index in [1.165, 1.54) is 0 Å². The smallest absolute Gasteiger partial charge is 0.355 e. The molecular formula is C24H23NO5. The van der Waals surface area contributed by atoms with Crippen LogP contribution in [0.4, 0.5) is 0 Å². The standard InChI is InChI=1S/C24H23NO5/c1-4-29-23(27)21-15(2)22(25-16(21)3)24(28)30-14-20(26)19-12-10-18(11-13-19)17-8-6-5-7-9-17/h5-13,25H,4,14H2,1-3H3. The number of benzene rings is 2. The molecule has 0 aliphatic heterocycles. The highest BCUT2D eigenvalue weighted by atomic mass is 16.5. The Balaban J connectivity index is 1.66. The molecule has 0 amide bonds. The van der Waals surface area contributed by atoms with Gasteiger partial charge in [-0.3, -0.25) is 4.79 Å². The number of Topliss-reactive ketones (excluding diaryl/α,β-unsaturated/α-hetero) is 1. The Morgan fingerprint density at radius 2 is 1.47 bits per heavy atom. The van der Waals surface area contributed by atoms with Crippen molar-refractivity contribution in [1.29, 1.82) is 0 Å². The van der Waals surface area contributed by atoms with E-state index in [-0.39, 0.29) is 18.1 Å². The van der Waals surface area contributed by atoms with Crippen molar-refractivity contribution >= 4 is 17.7 Å². The number of aryl methyl sites for hydroxylation is 1.